The minimum absolute atomic E-state index is 0.0267. The van der Waals surface area contributed by atoms with Gasteiger partial charge in [-0.25, -0.2) is 0 Å². The molecule has 2 heterocycles. The Kier molecular flexibility index (Phi) is 7.52. The van der Waals surface area contributed by atoms with Crippen molar-refractivity contribution in [3.05, 3.63) is 108 Å². The van der Waals surface area contributed by atoms with Gasteiger partial charge in [-0.05, 0) is 49.5 Å². The van der Waals surface area contributed by atoms with E-state index in [1.165, 1.54) is 0 Å². The van der Waals surface area contributed by atoms with Crippen LogP contribution in [0.1, 0.15) is 35.4 Å². The Morgan fingerprint density at radius 2 is 1.47 bits per heavy atom. The molecule has 1 saturated heterocycles. The minimum atomic E-state index is 0.0267. The second kappa shape index (κ2) is 11.3. The van der Waals surface area contributed by atoms with E-state index in [0.29, 0.717) is 31.3 Å². The number of benzene rings is 3. The number of nitrogens with zero attached hydrogens (tertiary/aromatic N) is 4. The number of carbonyl (C=O) groups excluding carboxylic acids is 1. The number of amides is 1. The van der Waals surface area contributed by atoms with Gasteiger partial charge >= 0.3 is 0 Å². The lowest BCUT2D eigenvalue weighted by atomic mass is 9.94. The van der Waals surface area contributed by atoms with Crippen LogP contribution in [0.4, 0.5) is 0 Å². The second-order valence-corrected chi connectivity index (χ2v) is 9.54. The van der Waals surface area contributed by atoms with Crippen LogP contribution in [-0.4, -0.2) is 38.9 Å². The molecule has 184 valence electrons. The van der Waals surface area contributed by atoms with Crippen LogP contribution in [0, 0.1) is 12.8 Å². The third-order valence-corrected chi connectivity index (χ3v) is 6.89. The molecule has 1 fully saturated rings. The molecular formula is C30H32N4O2. The van der Waals surface area contributed by atoms with E-state index in [9.17, 15) is 4.79 Å². The van der Waals surface area contributed by atoms with Crippen LogP contribution in [0.25, 0.3) is 11.4 Å². The fourth-order valence-corrected chi connectivity index (χ4v) is 4.86. The molecule has 3 aromatic carbocycles. The van der Waals surface area contributed by atoms with Gasteiger partial charge in [-0.15, -0.1) is 0 Å². The van der Waals surface area contributed by atoms with E-state index in [1.54, 1.807) is 0 Å². The minimum Gasteiger partial charge on any atom is -0.338 e. The van der Waals surface area contributed by atoms with Gasteiger partial charge in [-0.3, -0.25) is 9.69 Å². The molecule has 5 rings (SSSR count). The lowest BCUT2D eigenvalue weighted by Crippen LogP contribution is -2.42. The number of rotatable bonds is 8. The lowest BCUT2D eigenvalue weighted by molar-refractivity contribution is -0.138. The quantitative estimate of drug-likeness (QED) is 0.334. The molecule has 1 amide bonds. The van der Waals surface area contributed by atoms with Crippen LogP contribution < -0.4 is 0 Å². The van der Waals surface area contributed by atoms with Crippen molar-refractivity contribution < 1.29 is 9.32 Å². The maximum Gasteiger partial charge on any atom is 0.241 e. The average molecular weight is 481 g/mol. The number of hydrogen-bond acceptors (Lipinski definition) is 5. The summed E-state index contributed by atoms with van der Waals surface area (Å²) in [5, 5.41) is 4.19. The SMILES string of the molecule is Cc1ccccc1-c1noc(CN2CCC(C(=O)N(Cc3ccccc3)Cc3ccccc3)CC2)n1. The number of hydrogen-bond donors (Lipinski definition) is 0. The van der Waals surface area contributed by atoms with Gasteiger partial charge < -0.3 is 9.42 Å². The third kappa shape index (κ3) is 5.89. The smallest absolute Gasteiger partial charge is 0.241 e. The van der Waals surface area contributed by atoms with E-state index in [0.717, 1.165) is 48.2 Å². The second-order valence-electron chi connectivity index (χ2n) is 9.54. The van der Waals surface area contributed by atoms with Crippen molar-refractivity contribution in [2.75, 3.05) is 13.1 Å². The summed E-state index contributed by atoms with van der Waals surface area (Å²) in [4.78, 5) is 22.6. The Labute approximate surface area is 212 Å². The van der Waals surface area contributed by atoms with Crippen LogP contribution in [-0.2, 0) is 24.4 Å². The standard InChI is InChI=1S/C30H32N4O2/c1-23-10-8-9-15-27(23)29-31-28(36-32-29)22-33-18-16-26(17-19-33)30(35)34(20-24-11-4-2-5-12-24)21-25-13-6-3-7-14-25/h2-15,26H,16-22H2,1H3. The largest absolute Gasteiger partial charge is 0.338 e. The highest BCUT2D eigenvalue weighted by molar-refractivity contribution is 5.79. The van der Waals surface area contributed by atoms with Crippen molar-refractivity contribution in [3.8, 4) is 11.4 Å². The van der Waals surface area contributed by atoms with Crippen LogP contribution in [0.2, 0.25) is 0 Å². The van der Waals surface area contributed by atoms with Crippen molar-refractivity contribution >= 4 is 5.91 Å². The van der Waals surface area contributed by atoms with Gasteiger partial charge in [0.15, 0.2) is 0 Å². The molecule has 1 aromatic heterocycles. The van der Waals surface area contributed by atoms with E-state index in [1.807, 2.05) is 72.5 Å². The van der Waals surface area contributed by atoms with E-state index in [4.69, 9.17) is 4.52 Å². The first-order valence-corrected chi connectivity index (χ1v) is 12.6. The number of carbonyl (C=O) groups is 1. The van der Waals surface area contributed by atoms with Crippen molar-refractivity contribution in [1.82, 2.24) is 19.9 Å². The van der Waals surface area contributed by atoms with Crippen molar-refractivity contribution in [1.29, 1.82) is 0 Å². The zero-order valence-corrected chi connectivity index (χ0v) is 20.7. The summed E-state index contributed by atoms with van der Waals surface area (Å²) in [7, 11) is 0. The summed E-state index contributed by atoms with van der Waals surface area (Å²) in [6.45, 7) is 5.58. The highest BCUT2D eigenvalue weighted by Crippen LogP contribution is 2.24. The maximum atomic E-state index is 13.6. The monoisotopic (exact) mass is 480 g/mol. The zero-order valence-electron chi connectivity index (χ0n) is 20.7. The Bertz CT molecular complexity index is 1220. The molecule has 0 N–H and O–H groups in total. The van der Waals surface area contributed by atoms with E-state index >= 15 is 0 Å². The molecule has 0 atom stereocenters. The van der Waals surface area contributed by atoms with Gasteiger partial charge in [-0.1, -0.05) is 90.1 Å². The first-order valence-electron chi connectivity index (χ1n) is 12.6. The first-order chi connectivity index (χ1) is 17.7. The van der Waals surface area contributed by atoms with E-state index in [2.05, 4.69) is 39.3 Å². The Morgan fingerprint density at radius 3 is 2.08 bits per heavy atom. The van der Waals surface area contributed by atoms with Gasteiger partial charge in [0, 0.05) is 24.6 Å². The molecule has 1 aliphatic heterocycles. The molecule has 0 saturated carbocycles. The molecular weight excluding hydrogens is 448 g/mol. The fourth-order valence-electron chi connectivity index (χ4n) is 4.86. The van der Waals surface area contributed by atoms with Gasteiger partial charge in [0.2, 0.25) is 17.6 Å². The highest BCUT2D eigenvalue weighted by Gasteiger charge is 2.29. The summed E-state index contributed by atoms with van der Waals surface area (Å²) in [6.07, 6.45) is 1.66. The van der Waals surface area contributed by atoms with Crippen LogP contribution in [0.5, 0.6) is 0 Å². The van der Waals surface area contributed by atoms with Gasteiger partial charge in [0.25, 0.3) is 0 Å². The zero-order chi connectivity index (χ0) is 24.7. The predicted molar refractivity (Wildman–Crippen MR) is 140 cm³/mol. The Balaban J connectivity index is 1.20. The van der Waals surface area contributed by atoms with Crippen molar-refractivity contribution in [2.45, 2.75) is 39.4 Å². The molecule has 6 heteroatoms. The van der Waals surface area contributed by atoms with Crippen LogP contribution >= 0.6 is 0 Å². The highest BCUT2D eigenvalue weighted by atomic mass is 16.5. The Hall–Kier alpha value is -3.77. The summed E-state index contributed by atoms with van der Waals surface area (Å²) >= 11 is 0. The van der Waals surface area contributed by atoms with Gasteiger partial charge in [0.1, 0.15) is 0 Å². The topological polar surface area (TPSA) is 62.5 Å². The Morgan fingerprint density at radius 1 is 0.889 bits per heavy atom. The summed E-state index contributed by atoms with van der Waals surface area (Å²) in [5.74, 6) is 1.51. The average Bonchev–Trinajstić information content (AvgIpc) is 3.38. The van der Waals surface area contributed by atoms with Crippen molar-refractivity contribution in [3.63, 3.8) is 0 Å². The van der Waals surface area contributed by atoms with Gasteiger partial charge in [-0.2, -0.15) is 4.98 Å². The molecule has 1 aliphatic rings. The maximum absolute atomic E-state index is 13.6. The van der Waals surface area contributed by atoms with Gasteiger partial charge in [0.05, 0.1) is 6.54 Å². The summed E-state index contributed by atoms with van der Waals surface area (Å²) in [6, 6.07) is 28.5. The number of piperidine rings is 1. The molecule has 0 aliphatic carbocycles. The normalized spacial score (nSPS) is 14.6. The van der Waals surface area contributed by atoms with E-state index < -0.39 is 0 Å². The van der Waals surface area contributed by atoms with E-state index in [-0.39, 0.29) is 11.8 Å². The lowest BCUT2D eigenvalue weighted by Gasteiger charge is -2.34. The number of likely N-dealkylation sites (tertiary alicyclic amines) is 1. The summed E-state index contributed by atoms with van der Waals surface area (Å²) in [5.41, 5.74) is 4.42. The summed E-state index contributed by atoms with van der Waals surface area (Å²) < 4.78 is 5.54. The van der Waals surface area contributed by atoms with Crippen molar-refractivity contribution in [2.24, 2.45) is 5.92 Å². The predicted octanol–water partition coefficient (Wildman–Crippen LogP) is 5.49. The van der Waals surface area contributed by atoms with Crippen LogP contribution in [0.3, 0.4) is 0 Å². The number of aryl methyl sites for hydroxylation is 1. The molecule has 0 unspecified atom stereocenters. The molecule has 6 nitrogen and oxygen atoms in total. The molecule has 0 bridgehead atoms. The molecule has 0 spiro atoms. The third-order valence-electron chi connectivity index (χ3n) is 6.89. The number of aromatic nitrogens is 2. The van der Waals surface area contributed by atoms with Crippen LogP contribution in [0.15, 0.2) is 89.5 Å². The molecule has 4 aromatic rings. The molecule has 0 radical (unpaired) electrons. The molecule has 36 heavy (non-hydrogen) atoms. The fraction of sp³-hybridized carbons (Fsp3) is 0.300. The first kappa shape index (κ1) is 23.9.